The number of rotatable bonds is 7. The highest BCUT2D eigenvalue weighted by Crippen LogP contribution is 2.25. The topological polar surface area (TPSA) is 81.2 Å². The molecule has 3 aromatic rings. The zero-order valence-electron chi connectivity index (χ0n) is 16.4. The minimum atomic E-state index is -0.166. The molecule has 0 saturated heterocycles. The number of carbonyl (C=O) groups excluding carboxylic acids is 2. The molecule has 0 saturated carbocycles. The fraction of sp³-hybridized carbons (Fsp3) is 0.182. The highest BCUT2D eigenvalue weighted by Gasteiger charge is 2.08. The molecule has 0 unspecified atom stereocenters. The maximum absolute atomic E-state index is 12.2. The molecular formula is C22H21N3O3S. The number of ether oxygens (including phenoxy) is 1. The number of nitrogens with zero attached hydrogens (tertiary/aromatic N) is 2. The van der Waals surface area contributed by atoms with E-state index in [2.05, 4.69) is 21.4 Å². The van der Waals surface area contributed by atoms with E-state index in [4.69, 9.17) is 4.74 Å². The summed E-state index contributed by atoms with van der Waals surface area (Å²) in [6.07, 6.45) is 1.42. The minimum Gasteiger partial charge on any atom is -0.439 e. The van der Waals surface area contributed by atoms with Crippen LogP contribution in [0.25, 0.3) is 0 Å². The molecule has 7 heteroatoms. The number of hydrogen-bond acceptors (Lipinski definition) is 6. The Hall–Kier alpha value is -3.19. The fourth-order valence-electron chi connectivity index (χ4n) is 2.69. The summed E-state index contributed by atoms with van der Waals surface area (Å²) >= 11 is 1.29. The predicted molar refractivity (Wildman–Crippen MR) is 114 cm³/mol. The van der Waals surface area contributed by atoms with Gasteiger partial charge in [-0.2, -0.15) is 0 Å². The van der Waals surface area contributed by atoms with E-state index < -0.39 is 0 Å². The van der Waals surface area contributed by atoms with Gasteiger partial charge in [0.2, 0.25) is 11.8 Å². The van der Waals surface area contributed by atoms with Crippen molar-refractivity contribution in [3.63, 3.8) is 0 Å². The minimum absolute atomic E-state index is 0.0129. The van der Waals surface area contributed by atoms with E-state index in [-0.39, 0.29) is 17.4 Å². The van der Waals surface area contributed by atoms with Crippen LogP contribution in [0.5, 0.6) is 11.6 Å². The standard InChI is InChI=1S/C22H21N3O3S/c1-14-8-15(2)10-19(9-14)28-21-11-22(24-13-23-21)29-12-20(27)25-18-6-4-17(5-7-18)16(3)26/h4-11,13H,12H2,1-3H3,(H,25,27). The first kappa shape index (κ1) is 20.5. The van der Waals surface area contributed by atoms with E-state index in [0.29, 0.717) is 27.9 Å². The molecule has 0 aliphatic carbocycles. The number of carbonyl (C=O) groups is 2. The summed E-state index contributed by atoms with van der Waals surface area (Å²) in [7, 11) is 0. The van der Waals surface area contributed by atoms with Gasteiger partial charge in [0.15, 0.2) is 5.78 Å². The van der Waals surface area contributed by atoms with Gasteiger partial charge >= 0.3 is 0 Å². The molecule has 2 aromatic carbocycles. The molecule has 1 heterocycles. The Bertz CT molecular complexity index is 1020. The number of aromatic nitrogens is 2. The maximum atomic E-state index is 12.2. The number of nitrogens with one attached hydrogen (secondary N) is 1. The molecule has 1 amide bonds. The van der Waals surface area contributed by atoms with E-state index >= 15 is 0 Å². The van der Waals surface area contributed by atoms with Crippen molar-refractivity contribution in [1.29, 1.82) is 0 Å². The van der Waals surface area contributed by atoms with Crippen molar-refractivity contribution < 1.29 is 14.3 Å². The first-order valence-electron chi connectivity index (χ1n) is 9.01. The highest BCUT2D eigenvalue weighted by atomic mass is 32.2. The summed E-state index contributed by atoms with van der Waals surface area (Å²) < 4.78 is 5.82. The highest BCUT2D eigenvalue weighted by molar-refractivity contribution is 7.99. The zero-order chi connectivity index (χ0) is 20.8. The number of hydrogen-bond donors (Lipinski definition) is 1. The number of aryl methyl sites for hydroxylation is 2. The average Bonchev–Trinajstić information content (AvgIpc) is 2.66. The van der Waals surface area contributed by atoms with Crippen molar-refractivity contribution in [2.45, 2.75) is 25.8 Å². The molecular weight excluding hydrogens is 386 g/mol. The Labute approximate surface area is 173 Å². The second kappa shape index (κ2) is 9.34. The van der Waals surface area contributed by atoms with E-state index in [1.54, 1.807) is 30.3 Å². The van der Waals surface area contributed by atoms with Crippen LogP contribution in [0, 0.1) is 13.8 Å². The summed E-state index contributed by atoms with van der Waals surface area (Å²) in [5, 5.41) is 3.44. The molecule has 0 atom stereocenters. The molecule has 0 aliphatic rings. The zero-order valence-corrected chi connectivity index (χ0v) is 17.2. The fourth-order valence-corrected chi connectivity index (χ4v) is 3.35. The van der Waals surface area contributed by atoms with Crippen LogP contribution < -0.4 is 10.1 Å². The van der Waals surface area contributed by atoms with E-state index in [9.17, 15) is 9.59 Å². The Kier molecular flexibility index (Phi) is 6.61. The second-order valence-electron chi connectivity index (χ2n) is 6.59. The molecule has 0 spiro atoms. The SMILES string of the molecule is CC(=O)c1ccc(NC(=O)CSc2cc(Oc3cc(C)cc(C)c3)ncn2)cc1. The van der Waals surface area contributed by atoms with E-state index in [1.165, 1.54) is 25.0 Å². The maximum Gasteiger partial charge on any atom is 0.234 e. The smallest absolute Gasteiger partial charge is 0.234 e. The van der Waals surface area contributed by atoms with Crippen LogP contribution in [0.1, 0.15) is 28.4 Å². The Morgan fingerprint density at radius 3 is 2.34 bits per heavy atom. The van der Waals surface area contributed by atoms with Gasteiger partial charge in [-0.25, -0.2) is 9.97 Å². The number of amides is 1. The summed E-state index contributed by atoms with van der Waals surface area (Å²) in [5.74, 6) is 1.15. The normalized spacial score (nSPS) is 10.4. The molecule has 6 nitrogen and oxygen atoms in total. The van der Waals surface area contributed by atoms with Crippen LogP contribution in [0.4, 0.5) is 5.69 Å². The molecule has 148 valence electrons. The summed E-state index contributed by atoms with van der Waals surface area (Å²) in [6, 6.07) is 14.4. The van der Waals surface area contributed by atoms with Crippen LogP contribution >= 0.6 is 11.8 Å². The number of ketones is 1. The third-order valence-electron chi connectivity index (χ3n) is 3.96. The van der Waals surface area contributed by atoms with Gasteiger partial charge in [-0.1, -0.05) is 17.8 Å². The van der Waals surface area contributed by atoms with Crippen molar-refractivity contribution in [2.24, 2.45) is 0 Å². The van der Waals surface area contributed by atoms with Crippen LogP contribution in [0.15, 0.2) is 59.9 Å². The molecule has 1 aromatic heterocycles. The number of thioether (sulfide) groups is 1. The number of anilines is 1. The Morgan fingerprint density at radius 1 is 1.00 bits per heavy atom. The lowest BCUT2D eigenvalue weighted by Crippen LogP contribution is -2.14. The first-order valence-corrected chi connectivity index (χ1v) is 9.99. The van der Waals surface area contributed by atoms with Gasteiger partial charge in [-0.15, -0.1) is 0 Å². The molecule has 0 bridgehead atoms. The van der Waals surface area contributed by atoms with Crippen LogP contribution in [-0.4, -0.2) is 27.4 Å². The predicted octanol–water partition coefficient (Wildman–Crippen LogP) is 4.82. The van der Waals surface area contributed by atoms with Crippen molar-refractivity contribution in [3.8, 4) is 11.6 Å². The van der Waals surface area contributed by atoms with Crippen molar-refractivity contribution in [2.75, 3.05) is 11.1 Å². The largest absolute Gasteiger partial charge is 0.439 e. The molecule has 29 heavy (non-hydrogen) atoms. The van der Waals surface area contributed by atoms with Gasteiger partial charge in [-0.3, -0.25) is 9.59 Å². The second-order valence-corrected chi connectivity index (χ2v) is 7.59. The van der Waals surface area contributed by atoms with Gasteiger partial charge in [0.25, 0.3) is 0 Å². The molecule has 1 N–H and O–H groups in total. The average molecular weight is 407 g/mol. The van der Waals surface area contributed by atoms with Crippen molar-refractivity contribution >= 4 is 29.1 Å². The van der Waals surface area contributed by atoms with Crippen LogP contribution in [0.3, 0.4) is 0 Å². The summed E-state index contributed by atoms with van der Waals surface area (Å²) in [4.78, 5) is 31.8. The lowest BCUT2D eigenvalue weighted by molar-refractivity contribution is -0.113. The lowest BCUT2D eigenvalue weighted by Gasteiger charge is -2.08. The molecule has 0 aliphatic heterocycles. The van der Waals surface area contributed by atoms with Gasteiger partial charge in [-0.05, 0) is 68.3 Å². The lowest BCUT2D eigenvalue weighted by atomic mass is 10.1. The van der Waals surface area contributed by atoms with E-state index in [0.717, 1.165) is 11.1 Å². The summed E-state index contributed by atoms with van der Waals surface area (Å²) in [6.45, 7) is 5.52. The molecule has 3 rings (SSSR count). The quantitative estimate of drug-likeness (QED) is 0.344. The Morgan fingerprint density at radius 2 is 1.69 bits per heavy atom. The van der Waals surface area contributed by atoms with Gasteiger partial charge in [0.05, 0.1) is 5.75 Å². The monoisotopic (exact) mass is 407 g/mol. The number of benzene rings is 2. The van der Waals surface area contributed by atoms with Crippen molar-refractivity contribution in [3.05, 3.63) is 71.5 Å². The van der Waals surface area contributed by atoms with Crippen LogP contribution in [-0.2, 0) is 4.79 Å². The van der Waals surface area contributed by atoms with Gasteiger partial charge in [0, 0.05) is 17.3 Å². The number of Topliss-reactive ketones (excluding diaryl/α,β-unsaturated/α-hetero) is 1. The third-order valence-corrected chi connectivity index (χ3v) is 4.89. The van der Waals surface area contributed by atoms with Crippen LogP contribution in [0.2, 0.25) is 0 Å². The van der Waals surface area contributed by atoms with Gasteiger partial charge in [0.1, 0.15) is 17.1 Å². The van der Waals surface area contributed by atoms with Gasteiger partial charge < -0.3 is 10.1 Å². The first-order chi connectivity index (χ1) is 13.9. The summed E-state index contributed by atoms with van der Waals surface area (Å²) in [5.41, 5.74) is 3.46. The van der Waals surface area contributed by atoms with Crippen molar-refractivity contribution in [1.82, 2.24) is 9.97 Å². The molecule has 0 fully saturated rings. The van der Waals surface area contributed by atoms with E-state index in [1.807, 2.05) is 26.0 Å². The molecule has 0 radical (unpaired) electrons. The third kappa shape index (κ3) is 6.15. The Balaban J connectivity index is 1.57.